The van der Waals surface area contributed by atoms with Crippen LogP contribution in [0.15, 0.2) is 33.8 Å². The monoisotopic (exact) mass is 503 g/mol. The lowest BCUT2D eigenvalue weighted by Crippen LogP contribution is -2.38. The lowest BCUT2D eigenvalue weighted by molar-refractivity contribution is 0.376. The molecule has 0 aliphatic rings. The molecule has 0 aliphatic heterocycles. The van der Waals surface area contributed by atoms with Gasteiger partial charge in [0.2, 0.25) is 11.7 Å². The van der Waals surface area contributed by atoms with E-state index in [4.69, 9.17) is 10.3 Å². The SMILES string of the molecule is CC(C)CCCC(C)NC(N)=NCCCc1nc(-c2ccc(F)cc2)no1.I. The van der Waals surface area contributed by atoms with Crippen LogP contribution in [0.1, 0.15) is 52.3 Å². The van der Waals surface area contributed by atoms with E-state index >= 15 is 0 Å². The molecule has 0 radical (unpaired) electrons. The molecule has 3 N–H and O–H groups in total. The number of hydrogen-bond acceptors (Lipinski definition) is 4. The normalized spacial score (nSPS) is 12.7. The van der Waals surface area contributed by atoms with Crippen LogP contribution >= 0.6 is 24.0 Å². The summed E-state index contributed by atoms with van der Waals surface area (Å²) in [4.78, 5) is 8.68. The second-order valence-electron chi connectivity index (χ2n) is 7.26. The number of rotatable bonds is 10. The van der Waals surface area contributed by atoms with Gasteiger partial charge < -0.3 is 15.6 Å². The Bertz CT molecular complexity index is 718. The minimum Gasteiger partial charge on any atom is -0.370 e. The Balaban J connectivity index is 0.00000392. The standard InChI is InChI=1S/C20H30FN5O.HI/c1-14(2)6-4-7-15(3)24-20(22)23-13-5-8-18-25-19(26-27-18)16-9-11-17(21)12-10-16;/h9-12,14-15H,4-8,13H2,1-3H3,(H3,22,23,24);1H. The van der Waals surface area contributed by atoms with E-state index in [1.807, 2.05) is 0 Å². The highest BCUT2D eigenvalue weighted by Crippen LogP contribution is 2.16. The second-order valence-corrected chi connectivity index (χ2v) is 7.26. The van der Waals surface area contributed by atoms with Crippen LogP contribution in [0.25, 0.3) is 11.4 Å². The fraction of sp³-hybridized carbons (Fsp3) is 0.550. The van der Waals surface area contributed by atoms with Gasteiger partial charge in [-0.3, -0.25) is 4.99 Å². The number of halogens is 2. The summed E-state index contributed by atoms with van der Waals surface area (Å²) < 4.78 is 18.2. The maximum atomic E-state index is 13.0. The average Bonchev–Trinajstić information content (AvgIpc) is 3.08. The molecule has 1 atom stereocenters. The van der Waals surface area contributed by atoms with Gasteiger partial charge in [0.25, 0.3) is 0 Å². The Kier molecular flexibility index (Phi) is 11.0. The van der Waals surface area contributed by atoms with Gasteiger partial charge in [0.05, 0.1) is 0 Å². The molecule has 2 rings (SSSR count). The van der Waals surface area contributed by atoms with Crippen molar-refractivity contribution >= 4 is 29.9 Å². The van der Waals surface area contributed by atoms with Crippen molar-refractivity contribution in [2.75, 3.05) is 6.54 Å². The Morgan fingerprint density at radius 2 is 1.89 bits per heavy atom. The highest BCUT2D eigenvalue weighted by atomic mass is 127. The van der Waals surface area contributed by atoms with Crippen LogP contribution in [0, 0.1) is 11.7 Å². The first-order valence-electron chi connectivity index (χ1n) is 9.59. The molecule has 1 aromatic carbocycles. The van der Waals surface area contributed by atoms with Crippen LogP contribution in [-0.4, -0.2) is 28.7 Å². The minimum absolute atomic E-state index is 0. The summed E-state index contributed by atoms with van der Waals surface area (Å²) in [5, 5.41) is 7.16. The van der Waals surface area contributed by atoms with Gasteiger partial charge in [0.15, 0.2) is 5.96 Å². The molecule has 1 aromatic heterocycles. The maximum absolute atomic E-state index is 13.0. The Labute approximate surface area is 183 Å². The molecule has 1 heterocycles. The molecule has 0 amide bonds. The van der Waals surface area contributed by atoms with E-state index in [1.54, 1.807) is 12.1 Å². The lowest BCUT2D eigenvalue weighted by atomic mass is 10.0. The van der Waals surface area contributed by atoms with E-state index in [0.717, 1.165) is 24.3 Å². The minimum atomic E-state index is -0.291. The number of guanidine groups is 1. The summed E-state index contributed by atoms with van der Waals surface area (Å²) in [6.07, 6.45) is 4.88. The van der Waals surface area contributed by atoms with Crippen molar-refractivity contribution < 1.29 is 8.91 Å². The quantitative estimate of drug-likeness (QED) is 0.215. The van der Waals surface area contributed by atoms with Crippen molar-refractivity contribution in [1.82, 2.24) is 15.5 Å². The smallest absolute Gasteiger partial charge is 0.227 e. The largest absolute Gasteiger partial charge is 0.370 e. The molecule has 0 fully saturated rings. The molecule has 0 saturated carbocycles. The number of nitrogens with one attached hydrogen (secondary N) is 1. The number of nitrogens with two attached hydrogens (primary N) is 1. The summed E-state index contributed by atoms with van der Waals surface area (Å²) in [5.74, 6) is 1.92. The van der Waals surface area contributed by atoms with Gasteiger partial charge in [-0.15, -0.1) is 24.0 Å². The predicted octanol–water partition coefficient (Wildman–Crippen LogP) is 4.55. The molecule has 156 valence electrons. The molecule has 0 bridgehead atoms. The van der Waals surface area contributed by atoms with E-state index in [2.05, 4.69) is 41.2 Å². The van der Waals surface area contributed by atoms with Gasteiger partial charge in [-0.1, -0.05) is 31.8 Å². The van der Waals surface area contributed by atoms with E-state index in [-0.39, 0.29) is 29.8 Å². The summed E-state index contributed by atoms with van der Waals surface area (Å²) in [7, 11) is 0. The van der Waals surface area contributed by atoms with E-state index in [1.165, 1.54) is 25.0 Å². The summed E-state index contributed by atoms with van der Waals surface area (Å²) in [6, 6.07) is 6.33. The molecule has 2 aromatic rings. The molecular weight excluding hydrogens is 472 g/mol. The Morgan fingerprint density at radius 3 is 2.57 bits per heavy atom. The topological polar surface area (TPSA) is 89.3 Å². The highest BCUT2D eigenvalue weighted by Gasteiger charge is 2.08. The van der Waals surface area contributed by atoms with Crippen molar-refractivity contribution in [3.8, 4) is 11.4 Å². The first kappa shape index (κ1) is 24.3. The molecule has 8 heteroatoms. The number of aromatic nitrogens is 2. The van der Waals surface area contributed by atoms with Gasteiger partial charge >= 0.3 is 0 Å². The molecule has 28 heavy (non-hydrogen) atoms. The summed E-state index contributed by atoms with van der Waals surface area (Å²) in [6.45, 7) is 7.18. The van der Waals surface area contributed by atoms with Gasteiger partial charge in [-0.2, -0.15) is 4.98 Å². The maximum Gasteiger partial charge on any atom is 0.227 e. The fourth-order valence-corrected chi connectivity index (χ4v) is 2.70. The third-order valence-electron chi connectivity index (χ3n) is 4.21. The molecule has 6 nitrogen and oxygen atoms in total. The fourth-order valence-electron chi connectivity index (χ4n) is 2.70. The third kappa shape index (κ3) is 8.99. The highest BCUT2D eigenvalue weighted by molar-refractivity contribution is 14.0. The number of aliphatic imine (C=N–C) groups is 1. The van der Waals surface area contributed by atoms with Gasteiger partial charge in [-0.05, 0) is 49.9 Å². The Hall–Kier alpha value is -1.71. The van der Waals surface area contributed by atoms with Crippen molar-refractivity contribution in [3.05, 3.63) is 36.0 Å². The van der Waals surface area contributed by atoms with Crippen molar-refractivity contribution in [2.45, 2.75) is 58.9 Å². The van der Waals surface area contributed by atoms with Crippen molar-refractivity contribution in [1.29, 1.82) is 0 Å². The zero-order chi connectivity index (χ0) is 19.6. The number of hydrogen-bond donors (Lipinski definition) is 2. The third-order valence-corrected chi connectivity index (χ3v) is 4.21. The zero-order valence-corrected chi connectivity index (χ0v) is 19.2. The summed E-state index contributed by atoms with van der Waals surface area (Å²) in [5.41, 5.74) is 6.66. The van der Waals surface area contributed by atoms with Crippen molar-refractivity contribution in [3.63, 3.8) is 0 Å². The second kappa shape index (κ2) is 12.7. The zero-order valence-electron chi connectivity index (χ0n) is 16.8. The molecule has 0 aliphatic carbocycles. The molecule has 0 spiro atoms. The van der Waals surface area contributed by atoms with Crippen LogP contribution in [0.5, 0.6) is 0 Å². The Morgan fingerprint density at radius 1 is 1.18 bits per heavy atom. The van der Waals surface area contributed by atoms with Crippen molar-refractivity contribution in [2.24, 2.45) is 16.6 Å². The van der Waals surface area contributed by atoms with Crippen LogP contribution in [0.4, 0.5) is 4.39 Å². The lowest BCUT2D eigenvalue weighted by Gasteiger charge is -2.15. The van der Waals surface area contributed by atoms with Crippen LogP contribution < -0.4 is 11.1 Å². The van der Waals surface area contributed by atoms with E-state index in [0.29, 0.717) is 36.7 Å². The number of benzene rings is 1. The average molecular weight is 503 g/mol. The number of nitrogens with zero attached hydrogens (tertiary/aromatic N) is 3. The van der Waals surface area contributed by atoms with E-state index < -0.39 is 0 Å². The van der Waals surface area contributed by atoms with Gasteiger partial charge in [0.1, 0.15) is 5.82 Å². The predicted molar refractivity (Wildman–Crippen MR) is 121 cm³/mol. The number of aryl methyl sites for hydroxylation is 1. The first-order chi connectivity index (χ1) is 12.9. The van der Waals surface area contributed by atoms with Crippen LogP contribution in [-0.2, 0) is 6.42 Å². The van der Waals surface area contributed by atoms with Crippen LogP contribution in [0.3, 0.4) is 0 Å². The molecular formula is C20H31FIN5O. The van der Waals surface area contributed by atoms with E-state index in [9.17, 15) is 4.39 Å². The molecule has 1 unspecified atom stereocenters. The first-order valence-corrected chi connectivity index (χ1v) is 9.59. The van der Waals surface area contributed by atoms with Gasteiger partial charge in [-0.25, -0.2) is 4.39 Å². The summed E-state index contributed by atoms with van der Waals surface area (Å²) >= 11 is 0. The van der Waals surface area contributed by atoms with Crippen LogP contribution in [0.2, 0.25) is 0 Å². The van der Waals surface area contributed by atoms with Gasteiger partial charge in [0, 0.05) is 24.6 Å². The molecule has 0 saturated heterocycles.